The van der Waals surface area contributed by atoms with Crippen LogP contribution in [0.1, 0.15) is 66.8 Å². The Morgan fingerprint density at radius 3 is 0.838 bits per heavy atom. The Kier molecular flexibility index (Phi) is 20.5. The second kappa shape index (κ2) is 27.6. The summed E-state index contributed by atoms with van der Waals surface area (Å²) < 4.78 is 32.5. The van der Waals surface area contributed by atoms with Gasteiger partial charge in [-0.2, -0.15) is 0 Å². The van der Waals surface area contributed by atoms with E-state index >= 15 is 0 Å². The van der Waals surface area contributed by atoms with Crippen LogP contribution in [0.3, 0.4) is 0 Å². The van der Waals surface area contributed by atoms with E-state index in [0.29, 0.717) is 0 Å². The molecule has 408 valence electrons. The molecule has 0 aliphatic rings. The zero-order valence-electron chi connectivity index (χ0n) is 46.6. The van der Waals surface area contributed by atoms with Crippen molar-refractivity contribution in [3.8, 4) is 33.8 Å². The summed E-state index contributed by atoms with van der Waals surface area (Å²) >= 11 is 1.05. The van der Waals surface area contributed by atoms with Gasteiger partial charge in [-0.3, -0.25) is 0 Å². The van der Waals surface area contributed by atoms with Gasteiger partial charge in [0.05, 0.1) is 17.1 Å². The third kappa shape index (κ3) is 14.1. The molecule has 0 amide bonds. The van der Waals surface area contributed by atoms with Gasteiger partial charge < -0.3 is 13.8 Å². The van der Waals surface area contributed by atoms with Gasteiger partial charge in [-0.25, -0.2) is 24.1 Å². The first-order valence-electron chi connectivity index (χ1n) is 26.3. The Labute approximate surface area is 484 Å². The van der Waals surface area contributed by atoms with Crippen molar-refractivity contribution in [1.29, 1.82) is 0 Å². The molecule has 0 aliphatic carbocycles. The van der Waals surface area contributed by atoms with Crippen molar-refractivity contribution in [3.05, 3.63) is 308 Å². The van der Waals surface area contributed by atoms with Gasteiger partial charge in [0.25, 0.3) is 0 Å². The third-order valence-corrected chi connectivity index (χ3v) is 14.8. The van der Waals surface area contributed by atoms with Crippen LogP contribution in [0.25, 0.3) is 33.8 Å². The van der Waals surface area contributed by atoms with Crippen molar-refractivity contribution in [3.63, 3.8) is 0 Å². The van der Waals surface area contributed by atoms with E-state index in [-0.39, 0.29) is 28.7 Å². The van der Waals surface area contributed by atoms with Crippen molar-refractivity contribution in [2.75, 3.05) is 0 Å². The van der Waals surface area contributed by atoms with E-state index in [0.717, 1.165) is 45.7 Å². The second-order valence-electron chi connectivity index (χ2n) is 20.0. The fourth-order valence-corrected chi connectivity index (χ4v) is 11.6. The van der Waals surface area contributed by atoms with Gasteiger partial charge in [-0.05, 0) is 173 Å². The van der Waals surface area contributed by atoms with Crippen LogP contribution in [0, 0.1) is 78.9 Å². The minimum Gasteiger partial charge on any atom is -0.402 e. The number of aryl methyl sites for hydroxylation is 9. The van der Waals surface area contributed by atoms with Crippen LogP contribution in [0.2, 0.25) is 0 Å². The summed E-state index contributed by atoms with van der Waals surface area (Å²) in [4.78, 5) is 11.3. The van der Waals surface area contributed by atoms with Gasteiger partial charge >= 0.3 is 24.2 Å². The molecule has 13 heteroatoms. The first kappa shape index (κ1) is 59.4. The van der Waals surface area contributed by atoms with E-state index in [1.807, 2.05) is 105 Å². The molecule has 8 nitrogen and oxygen atoms in total. The van der Waals surface area contributed by atoms with Crippen molar-refractivity contribution in [2.24, 2.45) is 4.58 Å². The van der Waals surface area contributed by atoms with E-state index < -0.39 is 11.9 Å². The monoisotopic (exact) mass is 1130 g/mol. The molecule has 0 atom stereocenters. The average molecular weight is 1130 g/mol. The summed E-state index contributed by atoms with van der Waals surface area (Å²) in [6.07, 6.45) is 6.21. The maximum atomic E-state index is 11.9. The molecule has 0 fully saturated rings. The molecule has 0 radical (unpaired) electrons. The Bertz CT molecular complexity index is 3330. The fourth-order valence-electron chi connectivity index (χ4n) is 10.7. The normalized spacial score (nSPS) is 10.8. The van der Waals surface area contributed by atoms with Crippen LogP contribution in [0.15, 0.2) is 229 Å². The Morgan fingerprint density at radius 2 is 0.625 bits per heavy atom. The quantitative estimate of drug-likeness (QED) is 0.0558. The summed E-state index contributed by atoms with van der Waals surface area (Å²) in [6.45, 7) is 19.4. The molecule has 8 aromatic carbocycles. The first-order valence-corrected chi connectivity index (χ1v) is 27.1. The van der Waals surface area contributed by atoms with Gasteiger partial charge in [0.15, 0.2) is 0 Å². The van der Waals surface area contributed by atoms with E-state index in [1.54, 1.807) is 36.4 Å². The van der Waals surface area contributed by atoms with E-state index in [1.165, 1.54) is 91.0 Å². The topological polar surface area (TPSA) is 82.9 Å². The van der Waals surface area contributed by atoms with Crippen molar-refractivity contribution in [2.45, 2.75) is 67.1 Å². The molecule has 0 saturated carbocycles. The van der Waals surface area contributed by atoms with Gasteiger partial charge in [-0.15, -0.1) is 4.91 Å². The predicted molar refractivity (Wildman–Crippen MR) is 324 cm³/mol. The van der Waals surface area contributed by atoms with Crippen LogP contribution in [-0.4, -0.2) is 36.2 Å². The molecule has 0 N–H and O–H groups in total. The van der Waals surface area contributed by atoms with Crippen molar-refractivity contribution >= 4 is 19.1 Å². The molecule has 3 heterocycles. The molecular formula is C67H65BCuF2N7OS. The van der Waals surface area contributed by atoms with Crippen molar-refractivity contribution < 1.29 is 25.8 Å². The van der Waals surface area contributed by atoms with Crippen LogP contribution in [-0.2, 0) is 21.8 Å². The maximum Gasteiger partial charge on any atom is 1.00 e. The average Bonchev–Trinajstić information content (AvgIpc) is 4.23. The van der Waals surface area contributed by atoms with E-state index in [4.69, 9.17) is 15.3 Å². The number of halogens is 2. The summed E-state index contributed by atoms with van der Waals surface area (Å²) in [6, 6.07) is 65.7. The summed E-state index contributed by atoms with van der Waals surface area (Å²) in [5, 5.41) is 15.5. The molecule has 11 aromatic rings. The molecule has 0 aliphatic heterocycles. The van der Waals surface area contributed by atoms with E-state index in [2.05, 4.69) is 140 Å². The smallest absolute Gasteiger partial charge is 0.402 e. The molecule has 11 rings (SSSR count). The van der Waals surface area contributed by atoms with Crippen LogP contribution in [0.4, 0.5) is 8.78 Å². The SMILES string of the molecule is Cc1cc(C)c(-c2ccn([BH-](n3ccc(-c4c(C)cc(C)cc4C)n3)n3ccc(-c4c(C)cc(C)cc4C)n3)n2)c(C)c1.Fc1ccccc1.Fc1ccccc1.O=NSC(c1ccccc1)(c1ccccc1)c1ccccc1.[Cu+]. The summed E-state index contributed by atoms with van der Waals surface area (Å²) in [5.74, 6) is -0.356. The maximum absolute atomic E-state index is 11.9. The largest absolute Gasteiger partial charge is 1.00 e. The summed E-state index contributed by atoms with van der Waals surface area (Å²) in [5.41, 5.74) is 20.7. The number of hydrogen-bond acceptors (Lipinski definition) is 6. The number of nitroso groups, excluding NO2 is 1. The third-order valence-electron chi connectivity index (χ3n) is 13.8. The minimum absolute atomic E-state index is 0. The molecule has 0 bridgehead atoms. The second-order valence-corrected chi connectivity index (χ2v) is 20.9. The van der Waals surface area contributed by atoms with Gasteiger partial charge in [0.2, 0.25) is 0 Å². The number of benzene rings is 8. The van der Waals surface area contributed by atoms with Crippen LogP contribution < -0.4 is 0 Å². The van der Waals surface area contributed by atoms with Gasteiger partial charge in [0, 0.05) is 33.2 Å². The molecule has 3 aromatic heterocycles. The Morgan fingerprint density at radius 1 is 0.388 bits per heavy atom. The number of hydrogen-bond donors (Lipinski definition) is 0. The fraction of sp³-hybridized carbons (Fsp3) is 0.149. The number of aromatic nitrogens is 6. The van der Waals surface area contributed by atoms with Crippen LogP contribution in [0.5, 0.6) is 0 Å². The summed E-state index contributed by atoms with van der Waals surface area (Å²) in [7, 11) is -1.57. The van der Waals surface area contributed by atoms with Crippen molar-refractivity contribution in [1.82, 2.24) is 29.1 Å². The van der Waals surface area contributed by atoms with Crippen LogP contribution >= 0.6 is 11.9 Å². The molecule has 0 unspecified atom stereocenters. The predicted octanol–water partition coefficient (Wildman–Crippen LogP) is 16.8. The Hall–Kier alpha value is -8.22. The minimum atomic E-state index is -1.57. The zero-order valence-corrected chi connectivity index (χ0v) is 48.3. The molecule has 80 heavy (non-hydrogen) atoms. The Balaban J connectivity index is 0.000000205. The number of rotatable bonds is 11. The molecular weight excluding hydrogens is 1060 g/mol. The van der Waals surface area contributed by atoms with E-state index in [9.17, 15) is 13.7 Å². The zero-order chi connectivity index (χ0) is 56.1. The molecule has 0 saturated heterocycles. The standard InChI is InChI=1S/C36H40BN6.C19H15NOS.2C6H5F.Cu/c1-22-16-25(4)34(26(5)17-22)31-10-13-41(38-31)37(42-14-11-32(39-42)35-27(6)18-23(2)19-28(35)7)43-15-12-33(40-43)36-29(8)20-24(3)21-30(36)9;21-20-22-19(16-10-4-1-5-11-16,17-12-6-2-7-13-17)18-14-8-3-9-15-18;2*7-6-4-2-1-3-5-6;/h10-21,37H,1-9H3;1-15H;2*1-5H;/q-1;;;;+1. The van der Waals surface area contributed by atoms with Gasteiger partial charge in [0.1, 0.15) is 16.4 Å². The number of nitrogens with zero attached hydrogens (tertiary/aromatic N) is 7. The first-order chi connectivity index (χ1) is 38.2. The molecule has 0 spiro atoms. The van der Waals surface area contributed by atoms with Gasteiger partial charge in [-0.1, -0.05) is 180 Å².